The zero-order valence-corrected chi connectivity index (χ0v) is 11.6. The average molecular weight is 264 g/mol. The molecule has 0 aromatic rings. The molecule has 0 rings (SSSR count). The summed E-state index contributed by atoms with van der Waals surface area (Å²) in [6.45, 7) is 7.01. The van der Waals surface area contributed by atoms with E-state index in [0.717, 1.165) is 12.8 Å². The fourth-order valence-electron chi connectivity index (χ4n) is 1.33. The van der Waals surface area contributed by atoms with Crippen LogP contribution in [0.3, 0.4) is 0 Å². The second-order valence-corrected chi connectivity index (χ2v) is 4.65. The molecule has 0 fully saturated rings. The quantitative estimate of drug-likeness (QED) is 0.482. The number of hydrogen-bond donors (Lipinski definition) is 2. The van der Waals surface area contributed by atoms with Gasteiger partial charge in [0.15, 0.2) is 0 Å². The predicted octanol–water partition coefficient (Wildman–Crippen LogP) is 0.826. The van der Waals surface area contributed by atoms with Crippen LogP contribution in [0.15, 0.2) is 0 Å². The molecule has 0 saturated heterocycles. The highest BCUT2D eigenvalue weighted by Gasteiger charge is 2.05. The van der Waals surface area contributed by atoms with Gasteiger partial charge in [-0.05, 0) is 18.8 Å². The van der Waals surface area contributed by atoms with Gasteiger partial charge in [-0.25, -0.2) is 0 Å². The monoisotopic (exact) mass is 264 g/mol. The number of rotatable bonds is 13. The van der Waals surface area contributed by atoms with Crippen molar-refractivity contribution >= 4 is 0 Å². The summed E-state index contributed by atoms with van der Waals surface area (Å²) < 4.78 is 15.6. The smallest absolute Gasteiger partial charge is 0.0773 e. The molecule has 0 aromatic carbocycles. The molecular formula is C13H28O5. The second-order valence-electron chi connectivity index (χ2n) is 4.65. The fraction of sp³-hybridized carbons (Fsp3) is 1.00. The predicted molar refractivity (Wildman–Crippen MR) is 69.6 cm³/mol. The summed E-state index contributed by atoms with van der Waals surface area (Å²) in [6.07, 6.45) is 1.43. The molecule has 0 amide bonds. The molecule has 0 aromatic heterocycles. The summed E-state index contributed by atoms with van der Waals surface area (Å²) in [4.78, 5) is 0. The Kier molecular flexibility index (Phi) is 13.1. The molecule has 0 saturated carbocycles. The Morgan fingerprint density at radius 1 is 0.833 bits per heavy atom. The molecule has 5 heteroatoms. The number of aliphatic hydroxyl groups is 2. The van der Waals surface area contributed by atoms with E-state index >= 15 is 0 Å². The summed E-state index contributed by atoms with van der Waals surface area (Å²) in [7, 11) is 0. The third-order valence-corrected chi connectivity index (χ3v) is 2.37. The molecule has 0 radical (unpaired) electrons. The molecule has 0 heterocycles. The molecule has 110 valence electrons. The lowest BCUT2D eigenvalue weighted by Crippen LogP contribution is -2.18. The van der Waals surface area contributed by atoms with Gasteiger partial charge in [0.25, 0.3) is 0 Å². The number of hydrogen-bond acceptors (Lipinski definition) is 5. The van der Waals surface area contributed by atoms with Crippen LogP contribution in [0.5, 0.6) is 0 Å². The highest BCUT2D eigenvalue weighted by molar-refractivity contribution is 4.56. The van der Waals surface area contributed by atoms with Crippen molar-refractivity contribution in [2.24, 2.45) is 5.92 Å². The van der Waals surface area contributed by atoms with Gasteiger partial charge < -0.3 is 24.4 Å². The highest BCUT2D eigenvalue weighted by Crippen LogP contribution is 2.06. The van der Waals surface area contributed by atoms with Gasteiger partial charge in [-0.3, -0.25) is 0 Å². The zero-order valence-electron chi connectivity index (χ0n) is 11.6. The lowest BCUT2D eigenvalue weighted by Gasteiger charge is -2.12. The molecule has 0 bridgehead atoms. The van der Waals surface area contributed by atoms with Crippen LogP contribution in [-0.2, 0) is 14.2 Å². The third-order valence-electron chi connectivity index (χ3n) is 2.37. The number of aliphatic hydroxyl groups excluding tert-OH is 2. The molecule has 5 nitrogen and oxygen atoms in total. The van der Waals surface area contributed by atoms with E-state index in [1.165, 1.54) is 0 Å². The minimum atomic E-state index is -0.375. The van der Waals surface area contributed by atoms with E-state index in [-0.39, 0.29) is 12.7 Å². The van der Waals surface area contributed by atoms with Crippen LogP contribution in [0, 0.1) is 5.92 Å². The molecule has 1 atom stereocenters. The van der Waals surface area contributed by atoms with Gasteiger partial charge in [-0.1, -0.05) is 13.8 Å². The van der Waals surface area contributed by atoms with Crippen molar-refractivity contribution in [3.05, 3.63) is 0 Å². The van der Waals surface area contributed by atoms with Crippen LogP contribution >= 0.6 is 0 Å². The van der Waals surface area contributed by atoms with Gasteiger partial charge in [0.05, 0.1) is 52.4 Å². The first kappa shape index (κ1) is 17.8. The van der Waals surface area contributed by atoms with E-state index in [0.29, 0.717) is 45.6 Å². The molecule has 0 aliphatic rings. The summed E-state index contributed by atoms with van der Waals surface area (Å²) >= 11 is 0. The molecule has 0 aliphatic heterocycles. The van der Waals surface area contributed by atoms with Crippen LogP contribution in [0.25, 0.3) is 0 Å². The molecule has 0 spiro atoms. The van der Waals surface area contributed by atoms with Crippen molar-refractivity contribution in [3.8, 4) is 0 Å². The second kappa shape index (κ2) is 13.2. The normalized spacial score (nSPS) is 13.2. The fourth-order valence-corrected chi connectivity index (χ4v) is 1.33. The SMILES string of the molecule is CC(C)CCC(O)COCCOCCOCCO. The first-order chi connectivity index (χ1) is 8.66. The van der Waals surface area contributed by atoms with Gasteiger partial charge in [0.1, 0.15) is 0 Å². The minimum Gasteiger partial charge on any atom is -0.394 e. The Morgan fingerprint density at radius 2 is 1.39 bits per heavy atom. The largest absolute Gasteiger partial charge is 0.394 e. The van der Waals surface area contributed by atoms with Crippen LogP contribution in [0.2, 0.25) is 0 Å². The first-order valence-electron chi connectivity index (χ1n) is 6.69. The summed E-state index contributed by atoms with van der Waals surface area (Å²) in [5.41, 5.74) is 0. The van der Waals surface area contributed by atoms with E-state index in [1.807, 2.05) is 0 Å². The summed E-state index contributed by atoms with van der Waals surface area (Å²) in [5, 5.41) is 18.0. The Bertz CT molecular complexity index is 163. The summed E-state index contributed by atoms with van der Waals surface area (Å²) in [6, 6.07) is 0. The van der Waals surface area contributed by atoms with E-state index < -0.39 is 0 Å². The molecule has 0 aliphatic carbocycles. The average Bonchev–Trinajstić information content (AvgIpc) is 2.34. The van der Waals surface area contributed by atoms with Crippen LogP contribution < -0.4 is 0 Å². The molecular weight excluding hydrogens is 236 g/mol. The van der Waals surface area contributed by atoms with Gasteiger partial charge in [0.2, 0.25) is 0 Å². The lowest BCUT2D eigenvalue weighted by molar-refractivity contribution is -0.0148. The third kappa shape index (κ3) is 13.9. The van der Waals surface area contributed by atoms with Crippen LogP contribution in [0.4, 0.5) is 0 Å². The highest BCUT2D eigenvalue weighted by atomic mass is 16.5. The van der Waals surface area contributed by atoms with Gasteiger partial charge in [-0.15, -0.1) is 0 Å². The molecule has 1 unspecified atom stereocenters. The van der Waals surface area contributed by atoms with Crippen LogP contribution in [-0.4, -0.2) is 62.6 Å². The zero-order chi connectivity index (χ0) is 13.6. The molecule has 18 heavy (non-hydrogen) atoms. The van der Waals surface area contributed by atoms with Crippen molar-refractivity contribution in [3.63, 3.8) is 0 Å². The summed E-state index contributed by atoms with van der Waals surface area (Å²) in [5.74, 6) is 0.613. The minimum absolute atomic E-state index is 0.0391. The Balaban J connectivity index is 3.10. The maximum atomic E-state index is 9.59. The first-order valence-corrected chi connectivity index (χ1v) is 6.69. The van der Waals surface area contributed by atoms with Gasteiger partial charge >= 0.3 is 0 Å². The Labute approximate surface area is 110 Å². The van der Waals surface area contributed by atoms with Crippen molar-refractivity contribution < 1.29 is 24.4 Å². The van der Waals surface area contributed by atoms with E-state index in [1.54, 1.807) is 0 Å². The van der Waals surface area contributed by atoms with Crippen molar-refractivity contribution in [1.82, 2.24) is 0 Å². The maximum Gasteiger partial charge on any atom is 0.0773 e. The molecule has 2 N–H and O–H groups in total. The van der Waals surface area contributed by atoms with E-state index in [4.69, 9.17) is 19.3 Å². The van der Waals surface area contributed by atoms with Gasteiger partial charge in [0, 0.05) is 0 Å². The topological polar surface area (TPSA) is 68.2 Å². The number of ether oxygens (including phenoxy) is 3. The van der Waals surface area contributed by atoms with Crippen LogP contribution in [0.1, 0.15) is 26.7 Å². The Hall–Kier alpha value is -0.200. The van der Waals surface area contributed by atoms with Crippen molar-refractivity contribution in [2.75, 3.05) is 46.2 Å². The van der Waals surface area contributed by atoms with Crippen molar-refractivity contribution in [1.29, 1.82) is 0 Å². The standard InChI is InChI=1S/C13H28O5/c1-12(2)3-4-13(15)11-18-10-9-17-8-7-16-6-5-14/h12-15H,3-11H2,1-2H3. The van der Waals surface area contributed by atoms with Crippen molar-refractivity contribution in [2.45, 2.75) is 32.8 Å². The lowest BCUT2D eigenvalue weighted by atomic mass is 10.1. The van der Waals surface area contributed by atoms with Gasteiger partial charge in [-0.2, -0.15) is 0 Å². The van der Waals surface area contributed by atoms with E-state index in [2.05, 4.69) is 13.8 Å². The Morgan fingerprint density at radius 3 is 1.94 bits per heavy atom. The van der Waals surface area contributed by atoms with E-state index in [9.17, 15) is 5.11 Å². The maximum absolute atomic E-state index is 9.59.